The van der Waals surface area contributed by atoms with Crippen LogP contribution >= 0.6 is 0 Å². The van der Waals surface area contributed by atoms with E-state index in [1.807, 2.05) is 0 Å². The summed E-state index contributed by atoms with van der Waals surface area (Å²) < 4.78 is 5.03. The van der Waals surface area contributed by atoms with Crippen LogP contribution in [0, 0.1) is 0 Å². The molecule has 2 rings (SSSR count). The van der Waals surface area contributed by atoms with Crippen molar-refractivity contribution in [2.75, 3.05) is 19.7 Å². The number of carboxylic acids is 1. The zero-order chi connectivity index (χ0) is 12.3. The van der Waals surface area contributed by atoms with Gasteiger partial charge in [0, 0.05) is 19.6 Å². The van der Waals surface area contributed by atoms with Gasteiger partial charge in [-0.2, -0.15) is 0 Å². The van der Waals surface area contributed by atoms with Crippen LogP contribution in [0.1, 0.15) is 15.9 Å². The quantitative estimate of drug-likeness (QED) is 0.802. The molecule has 1 fully saturated rings. The van der Waals surface area contributed by atoms with Crippen molar-refractivity contribution in [3.63, 3.8) is 0 Å². The smallest absolute Gasteiger partial charge is 0.335 e. The van der Waals surface area contributed by atoms with Gasteiger partial charge in [0.1, 0.15) is 0 Å². The van der Waals surface area contributed by atoms with Crippen LogP contribution in [0.3, 0.4) is 0 Å². The van der Waals surface area contributed by atoms with Crippen molar-refractivity contribution < 1.29 is 19.7 Å². The van der Waals surface area contributed by atoms with Crippen LogP contribution in [0.4, 0.5) is 0 Å². The van der Waals surface area contributed by atoms with E-state index in [4.69, 9.17) is 9.84 Å². The number of hydrogen-bond donors (Lipinski definition) is 2. The predicted molar refractivity (Wildman–Crippen MR) is 60.6 cm³/mol. The van der Waals surface area contributed by atoms with E-state index in [0.717, 1.165) is 12.1 Å². The summed E-state index contributed by atoms with van der Waals surface area (Å²) in [6.45, 7) is 2.48. The number of aromatic carboxylic acids is 1. The molecule has 5 nitrogen and oxygen atoms in total. The van der Waals surface area contributed by atoms with E-state index in [-0.39, 0.29) is 5.56 Å². The number of carboxylic acid groups (broad SMARTS) is 1. The lowest BCUT2D eigenvalue weighted by Gasteiger charge is -2.30. The molecule has 0 aliphatic carbocycles. The standard InChI is InChI=1S/C12H15NO4/c14-11-8-13(5-6-17-11)7-9-1-3-10(4-2-9)12(15)16/h1-4,11,14H,5-8H2,(H,15,16). The molecule has 0 bridgehead atoms. The minimum absolute atomic E-state index is 0.288. The van der Waals surface area contributed by atoms with Gasteiger partial charge in [0.15, 0.2) is 6.29 Å². The van der Waals surface area contributed by atoms with E-state index in [2.05, 4.69) is 4.90 Å². The Labute approximate surface area is 99.2 Å². The second-order valence-corrected chi connectivity index (χ2v) is 4.06. The number of ether oxygens (including phenoxy) is 1. The van der Waals surface area contributed by atoms with Crippen molar-refractivity contribution in [3.8, 4) is 0 Å². The van der Waals surface area contributed by atoms with Gasteiger partial charge in [0.2, 0.25) is 0 Å². The van der Waals surface area contributed by atoms with Crippen LogP contribution < -0.4 is 0 Å². The second-order valence-electron chi connectivity index (χ2n) is 4.06. The minimum Gasteiger partial charge on any atom is -0.478 e. The molecule has 17 heavy (non-hydrogen) atoms. The molecule has 1 heterocycles. The first-order valence-corrected chi connectivity index (χ1v) is 5.49. The average molecular weight is 237 g/mol. The fourth-order valence-corrected chi connectivity index (χ4v) is 1.84. The molecule has 5 heteroatoms. The Hall–Kier alpha value is -1.43. The largest absolute Gasteiger partial charge is 0.478 e. The summed E-state index contributed by atoms with van der Waals surface area (Å²) in [5, 5.41) is 18.1. The lowest BCUT2D eigenvalue weighted by atomic mass is 10.1. The molecule has 0 amide bonds. The molecule has 2 N–H and O–H groups in total. The number of carbonyl (C=O) groups is 1. The number of aliphatic hydroxyl groups is 1. The molecule has 1 aromatic carbocycles. The summed E-state index contributed by atoms with van der Waals surface area (Å²) in [6.07, 6.45) is -0.720. The summed E-state index contributed by atoms with van der Waals surface area (Å²) in [4.78, 5) is 12.8. The highest BCUT2D eigenvalue weighted by molar-refractivity contribution is 5.87. The molecule has 0 spiro atoms. The topological polar surface area (TPSA) is 70.0 Å². The maximum Gasteiger partial charge on any atom is 0.335 e. The van der Waals surface area contributed by atoms with E-state index in [9.17, 15) is 9.90 Å². The molecule has 1 atom stereocenters. The number of β-amino-alcohol motifs (C(OH)–C–C–N with tert-alkyl or cyclic N) is 1. The lowest BCUT2D eigenvalue weighted by Crippen LogP contribution is -2.41. The van der Waals surface area contributed by atoms with Crippen molar-refractivity contribution in [2.24, 2.45) is 0 Å². The fraction of sp³-hybridized carbons (Fsp3) is 0.417. The van der Waals surface area contributed by atoms with E-state index in [1.54, 1.807) is 24.3 Å². The van der Waals surface area contributed by atoms with E-state index in [1.165, 1.54) is 0 Å². The summed E-state index contributed by atoms with van der Waals surface area (Å²) >= 11 is 0. The third-order valence-electron chi connectivity index (χ3n) is 2.74. The van der Waals surface area contributed by atoms with E-state index >= 15 is 0 Å². The molecule has 1 aliphatic rings. The van der Waals surface area contributed by atoms with Crippen molar-refractivity contribution in [3.05, 3.63) is 35.4 Å². The maximum absolute atomic E-state index is 10.7. The van der Waals surface area contributed by atoms with Crippen molar-refractivity contribution in [2.45, 2.75) is 12.8 Å². The highest BCUT2D eigenvalue weighted by Crippen LogP contribution is 2.10. The van der Waals surface area contributed by atoms with Gasteiger partial charge in [-0.25, -0.2) is 4.79 Å². The average Bonchev–Trinajstić information content (AvgIpc) is 2.29. The maximum atomic E-state index is 10.7. The summed E-state index contributed by atoms with van der Waals surface area (Å²) in [7, 11) is 0. The number of nitrogens with zero attached hydrogens (tertiary/aromatic N) is 1. The molecule has 0 saturated carbocycles. The summed E-state index contributed by atoms with van der Waals surface area (Å²) in [5.74, 6) is -0.918. The normalized spacial score (nSPS) is 21.4. The Balaban J connectivity index is 1.96. The SMILES string of the molecule is O=C(O)c1ccc(CN2CCOC(O)C2)cc1. The zero-order valence-corrected chi connectivity index (χ0v) is 9.37. The zero-order valence-electron chi connectivity index (χ0n) is 9.37. The van der Waals surface area contributed by atoms with Gasteiger partial charge >= 0.3 is 5.97 Å². The Bertz CT molecular complexity index is 390. The van der Waals surface area contributed by atoms with Gasteiger partial charge in [0.05, 0.1) is 12.2 Å². The molecule has 1 unspecified atom stereocenters. The van der Waals surface area contributed by atoms with Crippen LogP contribution in [0.2, 0.25) is 0 Å². The molecule has 92 valence electrons. The van der Waals surface area contributed by atoms with Crippen molar-refractivity contribution in [1.29, 1.82) is 0 Å². The van der Waals surface area contributed by atoms with Gasteiger partial charge in [-0.3, -0.25) is 4.90 Å². The first-order valence-electron chi connectivity index (χ1n) is 5.49. The Morgan fingerprint density at radius 2 is 2.12 bits per heavy atom. The summed E-state index contributed by atoms with van der Waals surface area (Å²) in [6, 6.07) is 6.78. The van der Waals surface area contributed by atoms with Crippen molar-refractivity contribution in [1.82, 2.24) is 4.90 Å². The van der Waals surface area contributed by atoms with Gasteiger partial charge < -0.3 is 14.9 Å². The van der Waals surface area contributed by atoms with E-state index < -0.39 is 12.3 Å². The van der Waals surface area contributed by atoms with E-state index in [0.29, 0.717) is 19.7 Å². The van der Waals surface area contributed by atoms with Crippen LogP contribution in [0.25, 0.3) is 0 Å². The summed E-state index contributed by atoms with van der Waals surface area (Å²) in [5.41, 5.74) is 1.32. The van der Waals surface area contributed by atoms with Gasteiger partial charge in [-0.05, 0) is 17.7 Å². The van der Waals surface area contributed by atoms with Gasteiger partial charge in [0.25, 0.3) is 0 Å². The molecule has 0 aromatic heterocycles. The van der Waals surface area contributed by atoms with Gasteiger partial charge in [-0.1, -0.05) is 12.1 Å². The second kappa shape index (κ2) is 5.27. The highest BCUT2D eigenvalue weighted by atomic mass is 16.6. The number of rotatable bonds is 3. The van der Waals surface area contributed by atoms with Crippen LogP contribution in [0.5, 0.6) is 0 Å². The molecule has 1 aliphatic heterocycles. The third-order valence-corrected chi connectivity index (χ3v) is 2.74. The Morgan fingerprint density at radius 3 is 2.71 bits per heavy atom. The van der Waals surface area contributed by atoms with Crippen LogP contribution in [-0.2, 0) is 11.3 Å². The molecular weight excluding hydrogens is 222 g/mol. The van der Waals surface area contributed by atoms with Crippen molar-refractivity contribution >= 4 is 5.97 Å². The fourth-order valence-electron chi connectivity index (χ4n) is 1.84. The Kier molecular flexibility index (Phi) is 3.73. The molecule has 1 saturated heterocycles. The minimum atomic E-state index is -0.918. The number of morpholine rings is 1. The van der Waals surface area contributed by atoms with Crippen LogP contribution in [0.15, 0.2) is 24.3 Å². The van der Waals surface area contributed by atoms with Crippen LogP contribution in [-0.4, -0.2) is 47.1 Å². The number of hydrogen-bond acceptors (Lipinski definition) is 4. The monoisotopic (exact) mass is 237 g/mol. The first-order chi connectivity index (χ1) is 8.15. The van der Waals surface area contributed by atoms with Gasteiger partial charge in [-0.15, -0.1) is 0 Å². The molecule has 1 aromatic rings. The first kappa shape index (κ1) is 12.0. The lowest BCUT2D eigenvalue weighted by molar-refractivity contribution is -0.147. The number of benzene rings is 1. The molecular formula is C12H15NO4. The Morgan fingerprint density at radius 1 is 1.41 bits per heavy atom. The predicted octanol–water partition coefficient (Wildman–Crippen LogP) is 0.535. The third kappa shape index (κ3) is 3.26. The number of aliphatic hydroxyl groups excluding tert-OH is 1. The molecule has 0 radical (unpaired) electrons. The highest BCUT2D eigenvalue weighted by Gasteiger charge is 2.17.